The zero-order chi connectivity index (χ0) is 15.2. The molecule has 0 unspecified atom stereocenters. The van der Waals surface area contributed by atoms with E-state index >= 15 is 0 Å². The Morgan fingerprint density at radius 2 is 2.20 bits per heavy atom. The van der Waals surface area contributed by atoms with E-state index in [1.807, 2.05) is 17.7 Å². The fourth-order valence-corrected chi connectivity index (χ4v) is 2.11. The van der Waals surface area contributed by atoms with Gasteiger partial charge in [0.2, 0.25) is 15.9 Å². The molecule has 0 saturated carbocycles. The summed E-state index contributed by atoms with van der Waals surface area (Å²) in [7, 11) is -1.70. The molecule has 0 aromatic carbocycles. The third-order valence-corrected chi connectivity index (χ3v) is 4.33. The maximum absolute atomic E-state index is 11.7. The van der Waals surface area contributed by atoms with Gasteiger partial charge >= 0.3 is 0 Å². The summed E-state index contributed by atoms with van der Waals surface area (Å²) < 4.78 is 25.5. The highest BCUT2D eigenvalue weighted by molar-refractivity contribution is 7.88. The molecular formula is C12H22N4O3S. The first-order valence-corrected chi connectivity index (χ1v) is 8.37. The highest BCUT2D eigenvalue weighted by atomic mass is 32.2. The Hall–Kier alpha value is -1.41. The number of nitrogens with one attached hydrogen (secondary N) is 1. The van der Waals surface area contributed by atoms with Crippen LogP contribution in [0, 0.1) is 0 Å². The van der Waals surface area contributed by atoms with Crippen LogP contribution in [0.5, 0.6) is 0 Å². The third kappa shape index (κ3) is 5.30. The van der Waals surface area contributed by atoms with Gasteiger partial charge in [-0.3, -0.25) is 4.79 Å². The molecule has 1 amide bonds. The second-order valence-electron chi connectivity index (χ2n) is 4.57. The van der Waals surface area contributed by atoms with Gasteiger partial charge in [0.05, 0.1) is 6.26 Å². The maximum atomic E-state index is 11.7. The molecule has 114 valence electrons. The van der Waals surface area contributed by atoms with Crippen LogP contribution in [0.15, 0.2) is 12.4 Å². The Bertz CT molecular complexity index is 539. The molecule has 1 aromatic heterocycles. The molecule has 1 heterocycles. The number of sulfonamides is 1. The molecule has 0 bridgehead atoms. The van der Waals surface area contributed by atoms with Gasteiger partial charge < -0.3 is 9.88 Å². The van der Waals surface area contributed by atoms with Gasteiger partial charge in [0.15, 0.2) is 0 Å². The van der Waals surface area contributed by atoms with Crippen LogP contribution in [0.2, 0.25) is 0 Å². The number of carbonyl (C=O) groups is 1. The molecule has 0 spiro atoms. The molecule has 0 aliphatic heterocycles. The highest BCUT2D eigenvalue weighted by Gasteiger charge is 2.10. The van der Waals surface area contributed by atoms with E-state index in [4.69, 9.17) is 0 Å². The molecule has 7 nitrogen and oxygen atoms in total. The van der Waals surface area contributed by atoms with Crippen molar-refractivity contribution in [3.05, 3.63) is 18.2 Å². The second-order valence-corrected chi connectivity index (χ2v) is 6.66. The summed E-state index contributed by atoms with van der Waals surface area (Å²) in [6.07, 6.45) is 5.89. The Kier molecular flexibility index (Phi) is 6.15. The Labute approximate surface area is 120 Å². The Balaban J connectivity index is 2.28. The normalized spacial score (nSPS) is 11.8. The molecule has 8 heteroatoms. The van der Waals surface area contributed by atoms with Gasteiger partial charge in [-0.15, -0.1) is 0 Å². The van der Waals surface area contributed by atoms with Crippen LogP contribution in [-0.2, 0) is 27.8 Å². The second kappa shape index (κ2) is 7.39. The molecule has 0 aliphatic rings. The number of imidazole rings is 1. The van der Waals surface area contributed by atoms with Crippen molar-refractivity contribution in [2.75, 3.05) is 26.4 Å². The van der Waals surface area contributed by atoms with Crippen LogP contribution in [0.4, 0.5) is 0 Å². The summed E-state index contributed by atoms with van der Waals surface area (Å²) in [4.78, 5) is 15.8. The number of likely N-dealkylation sites (N-methyl/N-ethyl adjacent to an activating group) is 1. The number of aromatic nitrogens is 2. The van der Waals surface area contributed by atoms with Crippen molar-refractivity contribution in [3.63, 3.8) is 0 Å². The van der Waals surface area contributed by atoms with Crippen molar-refractivity contribution in [1.29, 1.82) is 0 Å². The number of rotatable bonds is 8. The molecule has 0 aliphatic carbocycles. The smallest absolute Gasteiger partial charge is 0.221 e. The van der Waals surface area contributed by atoms with Crippen LogP contribution in [0.3, 0.4) is 0 Å². The average Bonchev–Trinajstić information content (AvgIpc) is 2.82. The number of hydrogen-bond donors (Lipinski definition) is 1. The summed E-state index contributed by atoms with van der Waals surface area (Å²) in [5.41, 5.74) is 0. The Morgan fingerprint density at radius 1 is 1.50 bits per heavy atom. The van der Waals surface area contributed by atoms with Gasteiger partial charge in [0, 0.05) is 51.9 Å². The standard InChI is InChI=1S/C12H22N4O3S/c1-4-11-13-7-10-16(11)8-5-12(17)14-6-9-15(2)20(3,18)19/h7,10H,4-6,8-9H2,1-3H3,(H,14,17). The minimum atomic E-state index is -3.19. The predicted octanol–water partition coefficient (Wildman–Crippen LogP) is -0.157. The quantitative estimate of drug-likeness (QED) is 0.723. The molecule has 0 saturated heterocycles. The monoisotopic (exact) mass is 302 g/mol. The van der Waals surface area contributed by atoms with Crippen LogP contribution in [0.1, 0.15) is 19.2 Å². The molecule has 0 radical (unpaired) electrons. The molecule has 0 atom stereocenters. The van der Waals surface area contributed by atoms with E-state index in [1.54, 1.807) is 6.20 Å². The number of nitrogens with zero attached hydrogens (tertiary/aromatic N) is 3. The molecule has 1 aromatic rings. The van der Waals surface area contributed by atoms with E-state index in [9.17, 15) is 13.2 Å². The van der Waals surface area contributed by atoms with Crippen LogP contribution >= 0.6 is 0 Å². The van der Waals surface area contributed by atoms with Gasteiger partial charge in [-0.05, 0) is 0 Å². The molecule has 1 N–H and O–H groups in total. The lowest BCUT2D eigenvalue weighted by Crippen LogP contribution is -2.35. The van der Waals surface area contributed by atoms with Gasteiger partial charge in [-0.2, -0.15) is 0 Å². The topological polar surface area (TPSA) is 84.3 Å². The van der Waals surface area contributed by atoms with Crippen molar-refractivity contribution >= 4 is 15.9 Å². The number of amides is 1. The minimum Gasteiger partial charge on any atom is -0.355 e. The van der Waals surface area contributed by atoms with Crippen molar-refractivity contribution < 1.29 is 13.2 Å². The molecular weight excluding hydrogens is 280 g/mol. The Morgan fingerprint density at radius 3 is 2.80 bits per heavy atom. The zero-order valence-corrected chi connectivity index (χ0v) is 13.0. The lowest BCUT2D eigenvalue weighted by atomic mass is 10.3. The summed E-state index contributed by atoms with van der Waals surface area (Å²) in [6, 6.07) is 0. The number of aryl methyl sites for hydroxylation is 2. The summed E-state index contributed by atoms with van der Waals surface area (Å²) in [5.74, 6) is 0.859. The fraction of sp³-hybridized carbons (Fsp3) is 0.667. The lowest BCUT2D eigenvalue weighted by Gasteiger charge is -2.14. The maximum Gasteiger partial charge on any atom is 0.221 e. The van der Waals surface area contributed by atoms with Crippen molar-refractivity contribution in [3.8, 4) is 0 Å². The summed E-state index contributed by atoms with van der Waals surface area (Å²) >= 11 is 0. The number of hydrogen-bond acceptors (Lipinski definition) is 4. The highest BCUT2D eigenvalue weighted by Crippen LogP contribution is 2.00. The van der Waals surface area contributed by atoms with E-state index in [-0.39, 0.29) is 12.5 Å². The van der Waals surface area contributed by atoms with E-state index in [0.29, 0.717) is 19.5 Å². The molecule has 20 heavy (non-hydrogen) atoms. The molecule has 1 rings (SSSR count). The summed E-state index contributed by atoms with van der Waals surface area (Å²) in [5, 5.41) is 2.71. The van der Waals surface area contributed by atoms with Crippen LogP contribution < -0.4 is 5.32 Å². The zero-order valence-electron chi connectivity index (χ0n) is 12.2. The van der Waals surface area contributed by atoms with E-state index in [2.05, 4.69) is 10.3 Å². The van der Waals surface area contributed by atoms with Crippen molar-refractivity contribution in [1.82, 2.24) is 19.2 Å². The fourth-order valence-electron chi connectivity index (χ4n) is 1.69. The van der Waals surface area contributed by atoms with Crippen molar-refractivity contribution in [2.45, 2.75) is 26.3 Å². The van der Waals surface area contributed by atoms with E-state index in [0.717, 1.165) is 18.5 Å². The van der Waals surface area contributed by atoms with Gasteiger partial charge in [0.1, 0.15) is 5.82 Å². The average molecular weight is 302 g/mol. The van der Waals surface area contributed by atoms with E-state index < -0.39 is 10.0 Å². The largest absolute Gasteiger partial charge is 0.355 e. The first-order chi connectivity index (χ1) is 9.34. The first-order valence-electron chi connectivity index (χ1n) is 6.52. The predicted molar refractivity (Wildman–Crippen MR) is 76.7 cm³/mol. The number of carbonyl (C=O) groups excluding carboxylic acids is 1. The van der Waals surface area contributed by atoms with Crippen LogP contribution in [0.25, 0.3) is 0 Å². The van der Waals surface area contributed by atoms with Crippen molar-refractivity contribution in [2.24, 2.45) is 0 Å². The minimum absolute atomic E-state index is 0.0948. The van der Waals surface area contributed by atoms with E-state index in [1.165, 1.54) is 11.4 Å². The van der Waals surface area contributed by atoms with Crippen LogP contribution in [-0.4, -0.2) is 54.6 Å². The summed E-state index contributed by atoms with van der Waals surface area (Å²) in [6.45, 7) is 3.18. The lowest BCUT2D eigenvalue weighted by molar-refractivity contribution is -0.121. The van der Waals surface area contributed by atoms with Gasteiger partial charge in [0.25, 0.3) is 0 Å². The van der Waals surface area contributed by atoms with Gasteiger partial charge in [-0.25, -0.2) is 17.7 Å². The van der Waals surface area contributed by atoms with Gasteiger partial charge in [-0.1, -0.05) is 6.92 Å². The first kappa shape index (κ1) is 16.6. The third-order valence-electron chi connectivity index (χ3n) is 3.01. The SMILES string of the molecule is CCc1nccn1CCC(=O)NCCN(C)S(C)(=O)=O. The molecule has 0 fully saturated rings.